The summed E-state index contributed by atoms with van der Waals surface area (Å²) in [5.74, 6) is 1.30. The van der Waals surface area contributed by atoms with E-state index >= 15 is 0 Å². The first-order chi connectivity index (χ1) is 16.7. The topological polar surface area (TPSA) is 55.1 Å². The van der Waals surface area contributed by atoms with Gasteiger partial charge in [-0.1, -0.05) is 48.5 Å². The molecule has 5 rings (SSSR count). The van der Waals surface area contributed by atoms with E-state index in [0.29, 0.717) is 0 Å². The van der Waals surface area contributed by atoms with Crippen LogP contribution in [-0.2, 0) is 11.3 Å². The zero-order chi connectivity index (χ0) is 23.3. The molecule has 0 saturated carbocycles. The van der Waals surface area contributed by atoms with E-state index in [2.05, 4.69) is 58.4 Å². The van der Waals surface area contributed by atoms with Crippen LogP contribution in [0.5, 0.6) is 0 Å². The van der Waals surface area contributed by atoms with Crippen molar-refractivity contribution in [3.63, 3.8) is 0 Å². The van der Waals surface area contributed by atoms with Gasteiger partial charge in [0.25, 0.3) is 0 Å². The van der Waals surface area contributed by atoms with Gasteiger partial charge in [0.05, 0.1) is 17.9 Å². The number of carbonyl (C=O) groups excluding carboxylic acids is 1. The Balaban J connectivity index is 1.24. The number of aromatic nitrogens is 3. The van der Waals surface area contributed by atoms with Crippen molar-refractivity contribution in [3.8, 4) is 11.5 Å². The average Bonchev–Trinajstić information content (AvgIpc) is 3.55. The maximum Gasteiger partial charge on any atom is 0.223 e. The van der Waals surface area contributed by atoms with Gasteiger partial charge in [-0.2, -0.15) is 5.10 Å². The van der Waals surface area contributed by atoms with Gasteiger partial charge < -0.3 is 9.88 Å². The van der Waals surface area contributed by atoms with Crippen LogP contribution in [0.15, 0.2) is 91.4 Å². The summed E-state index contributed by atoms with van der Waals surface area (Å²) >= 11 is 0. The lowest BCUT2D eigenvalue weighted by Gasteiger charge is -2.32. The zero-order valence-electron chi connectivity index (χ0n) is 19.5. The number of nitrogens with one attached hydrogen (secondary N) is 1. The molecule has 1 aliphatic rings. The number of piperidine rings is 1. The number of carbonyl (C=O) groups is 1. The Morgan fingerprint density at radius 2 is 1.62 bits per heavy atom. The average molecular weight is 454 g/mol. The second kappa shape index (κ2) is 10.1. The van der Waals surface area contributed by atoms with Crippen LogP contribution in [0.1, 0.15) is 36.9 Å². The Hall–Kier alpha value is -3.64. The van der Waals surface area contributed by atoms with Crippen LogP contribution in [0.2, 0.25) is 0 Å². The van der Waals surface area contributed by atoms with Crippen LogP contribution in [0, 0.1) is 5.92 Å². The second-order valence-electron chi connectivity index (χ2n) is 9.02. The van der Waals surface area contributed by atoms with Gasteiger partial charge in [-0.05, 0) is 62.7 Å². The Bertz CT molecular complexity index is 1190. The number of rotatable bonds is 7. The summed E-state index contributed by atoms with van der Waals surface area (Å²) in [7, 11) is 0. The lowest BCUT2D eigenvalue weighted by atomic mass is 9.95. The fraction of sp³-hybridized carbons (Fsp3) is 0.286. The summed E-state index contributed by atoms with van der Waals surface area (Å²) in [4.78, 5) is 15.3. The SMILES string of the molecule is CC(NC(=O)C1CCN(Cc2cnn(-c3ccccc3)c2-n2cccc2)CC1)c1ccccc1. The number of hydrogen-bond acceptors (Lipinski definition) is 3. The third-order valence-corrected chi connectivity index (χ3v) is 6.68. The monoisotopic (exact) mass is 453 g/mol. The minimum atomic E-state index is 0.0275. The van der Waals surface area contributed by atoms with Crippen molar-refractivity contribution >= 4 is 5.91 Å². The van der Waals surface area contributed by atoms with Crippen molar-refractivity contribution in [1.82, 2.24) is 24.6 Å². The van der Waals surface area contributed by atoms with Crippen molar-refractivity contribution < 1.29 is 4.79 Å². The maximum absolute atomic E-state index is 12.9. The van der Waals surface area contributed by atoms with E-state index in [1.807, 2.05) is 59.4 Å². The molecule has 34 heavy (non-hydrogen) atoms. The van der Waals surface area contributed by atoms with Gasteiger partial charge in [0, 0.05) is 30.4 Å². The van der Waals surface area contributed by atoms with E-state index in [4.69, 9.17) is 5.10 Å². The molecule has 6 heteroatoms. The molecule has 1 amide bonds. The minimum Gasteiger partial charge on any atom is -0.349 e. The fourth-order valence-corrected chi connectivity index (χ4v) is 4.75. The first kappa shape index (κ1) is 22.2. The van der Waals surface area contributed by atoms with Crippen molar-refractivity contribution in [2.24, 2.45) is 5.92 Å². The highest BCUT2D eigenvalue weighted by molar-refractivity contribution is 5.79. The van der Waals surface area contributed by atoms with Crippen molar-refractivity contribution in [2.75, 3.05) is 13.1 Å². The van der Waals surface area contributed by atoms with Gasteiger partial charge in [0.15, 0.2) is 0 Å². The molecule has 0 radical (unpaired) electrons. The minimum absolute atomic E-state index is 0.0275. The molecule has 1 N–H and O–H groups in total. The molecule has 1 fully saturated rings. The molecule has 0 bridgehead atoms. The number of hydrogen-bond donors (Lipinski definition) is 1. The predicted octanol–water partition coefficient (Wildman–Crippen LogP) is 4.75. The molecule has 1 unspecified atom stereocenters. The van der Waals surface area contributed by atoms with Crippen LogP contribution >= 0.6 is 0 Å². The summed E-state index contributed by atoms with van der Waals surface area (Å²) in [5.41, 5.74) is 3.36. The molecule has 3 heterocycles. The molecular weight excluding hydrogens is 422 g/mol. The molecule has 4 aromatic rings. The van der Waals surface area contributed by atoms with E-state index in [1.54, 1.807) is 0 Å². The smallest absolute Gasteiger partial charge is 0.223 e. The zero-order valence-corrected chi connectivity index (χ0v) is 19.5. The van der Waals surface area contributed by atoms with E-state index < -0.39 is 0 Å². The number of amides is 1. The Morgan fingerprint density at radius 3 is 2.29 bits per heavy atom. The van der Waals surface area contributed by atoms with E-state index in [9.17, 15) is 4.79 Å². The maximum atomic E-state index is 12.9. The lowest BCUT2D eigenvalue weighted by Crippen LogP contribution is -2.41. The molecule has 2 aromatic heterocycles. The second-order valence-corrected chi connectivity index (χ2v) is 9.02. The van der Waals surface area contributed by atoms with Gasteiger partial charge in [0.1, 0.15) is 5.82 Å². The number of likely N-dealkylation sites (tertiary alicyclic amines) is 1. The quantitative estimate of drug-likeness (QED) is 0.439. The molecule has 6 nitrogen and oxygen atoms in total. The fourth-order valence-electron chi connectivity index (χ4n) is 4.75. The Labute approximate surface area is 200 Å². The summed E-state index contributed by atoms with van der Waals surface area (Å²) < 4.78 is 4.13. The van der Waals surface area contributed by atoms with Gasteiger partial charge in [0.2, 0.25) is 5.91 Å². The Morgan fingerprint density at radius 1 is 0.971 bits per heavy atom. The standard InChI is InChI=1S/C28H31N5O/c1-22(23-10-4-2-5-11-23)30-27(34)24-14-18-31(19-15-24)21-25-20-29-33(26-12-6-3-7-13-26)28(25)32-16-8-9-17-32/h2-13,16-17,20,22,24H,14-15,18-19,21H2,1H3,(H,30,34). The van der Waals surface area contributed by atoms with Crippen LogP contribution in [0.25, 0.3) is 11.5 Å². The first-order valence-corrected chi connectivity index (χ1v) is 12.0. The highest BCUT2D eigenvalue weighted by atomic mass is 16.1. The Kier molecular flexibility index (Phi) is 6.58. The molecule has 174 valence electrons. The van der Waals surface area contributed by atoms with Crippen molar-refractivity contribution in [2.45, 2.75) is 32.4 Å². The van der Waals surface area contributed by atoms with Gasteiger partial charge >= 0.3 is 0 Å². The molecular formula is C28H31N5O. The molecule has 0 aliphatic carbocycles. The van der Waals surface area contributed by atoms with E-state index in [1.165, 1.54) is 5.56 Å². The highest BCUT2D eigenvalue weighted by Crippen LogP contribution is 2.25. The molecule has 1 aliphatic heterocycles. The highest BCUT2D eigenvalue weighted by Gasteiger charge is 2.27. The summed E-state index contributed by atoms with van der Waals surface area (Å²) in [5, 5.41) is 7.92. The largest absolute Gasteiger partial charge is 0.349 e. The van der Waals surface area contributed by atoms with Crippen LogP contribution in [-0.4, -0.2) is 38.2 Å². The molecule has 1 atom stereocenters. The normalized spacial score (nSPS) is 15.8. The van der Waals surface area contributed by atoms with Crippen LogP contribution < -0.4 is 5.32 Å². The van der Waals surface area contributed by atoms with Crippen LogP contribution in [0.4, 0.5) is 0 Å². The lowest BCUT2D eigenvalue weighted by molar-refractivity contribution is -0.127. The predicted molar refractivity (Wildman–Crippen MR) is 134 cm³/mol. The van der Waals surface area contributed by atoms with Gasteiger partial charge in [-0.15, -0.1) is 0 Å². The van der Waals surface area contributed by atoms with E-state index in [-0.39, 0.29) is 17.9 Å². The summed E-state index contributed by atoms with van der Waals surface area (Å²) in [6, 6.07) is 24.5. The number of benzene rings is 2. The number of para-hydroxylation sites is 1. The van der Waals surface area contributed by atoms with E-state index in [0.717, 1.165) is 49.5 Å². The third-order valence-electron chi connectivity index (χ3n) is 6.68. The molecule has 0 spiro atoms. The summed E-state index contributed by atoms with van der Waals surface area (Å²) in [6.45, 7) is 4.67. The van der Waals surface area contributed by atoms with Gasteiger partial charge in [-0.3, -0.25) is 9.69 Å². The molecule has 1 saturated heterocycles. The van der Waals surface area contributed by atoms with Crippen molar-refractivity contribution in [1.29, 1.82) is 0 Å². The number of nitrogens with zero attached hydrogens (tertiary/aromatic N) is 4. The van der Waals surface area contributed by atoms with Crippen LogP contribution in [0.3, 0.4) is 0 Å². The van der Waals surface area contributed by atoms with Crippen molar-refractivity contribution in [3.05, 3.63) is 103 Å². The third kappa shape index (κ3) is 4.82. The molecule has 2 aromatic carbocycles. The summed E-state index contributed by atoms with van der Waals surface area (Å²) in [6.07, 6.45) is 7.84. The van der Waals surface area contributed by atoms with Gasteiger partial charge in [-0.25, -0.2) is 4.68 Å². The first-order valence-electron chi connectivity index (χ1n) is 12.0.